The first-order valence-electron chi connectivity index (χ1n) is 4.37. The Labute approximate surface area is 82.5 Å². The topological polar surface area (TPSA) is 29.4 Å². The fourth-order valence-electron chi connectivity index (χ4n) is 1.15. The van der Waals surface area contributed by atoms with Crippen LogP contribution in [0.4, 0.5) is 10.1 Å². The summed E-state index contributed by atoms with van der Waals surface area (Å²) < 4.78 is 13.1. The summed E-state index contributed by atoms with van der Waals surface area (Å²) in [6.07, 6.45) is 0.272. The maximum absolute atomic E-state index is 13.1. The summed E-state index contributed by atoms with van der Waals surface area (Å²) in [4.78, 5) is 14.8. The number of carbonyl (C=O) groups excluding carboxylic acids is 1. The van der Waals surface area contributed by atoms with E-state index < -0.39 is 0 Å². The SMILES string of the molecule is CC(=O)CC(C)=Nc1ccccc1F. The number of nitrogens with zero attached hydrogens (tertiary/aromatic N) is 1. The van der Waals surface area contributed by atoms with Crippen LogP contribution >= 0.6 is 0 Å². The van der Waals surface area contributed by atoms with E-state index in [1.165, 1.54) is 13.0 Å². The molecule has 0 aliphatic carbocycles. The first kappa shape index (κ1) is 10.6. The zero-order valence-electron chi connectivity index (χ0n) is 8.25. The molecule has 0 aliphatic heterocycles. The van der Waals surface area contributed by atoms with Crippen LogP contribution in [-0.2, 0) is 4.79 Å². The molecule has 0 spiro atoms. The molecule has 0 aliphatic rings. The number of aliphatic imine (C=N–C) groups is 1. The molecule has 0 heterocycles. The van der Waals surface area contributed by atoms with Gasteiger partial charge in [-0.25, -0.2) is 4.39 Å². The van der Waals surface area contributed by atoms with Crippen LogP contribution in [0.2, 0.25) is 0 Å². The van der Waals surface area contributed by atoms with Gasteiger partial charge in [0.15, 0.2) is 0 Å². The smallest absolute Gasteiger partial charge is 0.148 e. The molecule has 0 amide bonds. The van der Waals surface area contributed by atoms with Gasteiger partial charge in [-0.1, -0.05) is 12.1 Å². The van der Waals surface area contributed by atoms with Crippen molar-refractivity contribution in [2.24, 2.45) is 4.99 Å². The number of rotatable bonds is 3. The molecular weight excluding hydrogens is 181 g/mol. The van der Waals surface area contributed by atoms with E-state index >= 15 is 0 Å². The van der Waals surface area contributed by atoms with Crippen molar-refractivity contribution in [3.05, 3.63) is 30.1 Å². The molecule has 3 heteroatoms. The highest BCUT2D eigenvalue weighted by molar-refractivity contribution is 6.00. The molecule has 0 atom stereocenters. The Morgan fingerprint density at radius 1 is 1.36 bits per heavy atom. The molecule has 74 valence electrons. The molecule has 14 heavy (non-hydrogen) atoms. The van der Waals surface area contributed by atoms with Crippen molar-refractivity contribution in [1.82, 2.24) is 0 Å². The van der Waals surface area contributed by atoms with Gasteiger partial charge in [0.2, 0.25) is 0 Å². The quantitative estimate of drug-likeness (QED) is 0.678. The average molecular weight is 193 g/mol. The van der Waals surface area contributed by atoms with Crippen molar-refractivity contribution in [2.45, 2.75) is 20.3 Å². The number of carbonyl (C=O) groups is 1. The molecule has 0 saturated heterocycles. The third-order valence-electron chi connectivity index (χ3n) is 1.67. The van der Waals surface area contributed by atoms with E-state index in [1.54, 1.807) is 25.1 Å². The molecule has 0 fully saturated rings. The third kappa shape index (κ3) is 3.09. The lowest BCUT2D eigenvalue weighted by Crippen LogP contribution is -1.99. The lowest BCUT2D eigenvalue weighted by Gasteiger charge is -1.98. The van der Waals surface area contributed by atoms with Crippen LogP contribution in [0.5, 0.6) is 0 Å². The summed E-state index contributed by atoms with van der Waals surface area (Å²) in [6.45, 7) is 3.20. The molecule has 0 N–H and O–H groups in total. The number of Topliss-reactive ketones (excluding diaryl/α,β-unsaturated/α-hetero) is 1. The summed E-state index contributed by atoms with van der Waals surface area (Å²) >= 11 is 0. The zero-order chi connectivity index (χ0) is 10.6. The minimum atomic E-state index is -0.365. The Morgan fingerprint density at radius 3 is 2.57 bits per heavy atom. The van der Waals surface area contributed by atoms with E-state index in [1.807, 2.05) is 0 Å². The van der Waals surface area contributed by atoms with Gasteiger partial charge in [0, 0.05) is 12.1 Å². The van der Waals surface area contributed by atoms with Crippen molar-refractivity contribution in [3.8, 4) is 0 Å². The molecule has 0 aromatic heterocycles. The standard InChI is InChI=1S/C11H12FNO/c1-8(7-9(2)14)13-11-6-4-3-5-10(11)12/h3-6H,7H2,1-2H3. The highest BCUT2D eigenvalue weighted by Gasteiger charge is 2.00. The Kier molecular flexibility index (Phi) is 3.51. The van der Waals surface area contributed by atoms with Gasteiger partial charge in [0.1, 0.15) is 11.6 Å². The Morgan fingerprint density at radius 2 is 2.00 bits per heavy atom. The van der Waals surface area contributed by atoms with Crippen LogP contribution in [0.15, 0.2) is 29.3 Å². The highest BCUT2D eigenvalue weighted by Crippen LogP contribution is 2.16. The summed E-state index contributed by atoms with van der Waals surface area (Å²) in [6, 6.07) is 6.25. The van der Waals surface area contributed by atoms with Gasteiger partial charge < -0.3 is 0 Å². The lowest BCUT2D eigenvalue weighted by atomic mass is 10.2. The van der Waals surface area contributed by atoms with Crippen LogP contribution in [0, 0.1) is 5.82 Å². The minimum Gasteiger partial charge on any atom is -0.300 e. The fraction of sp³-hybridized carbons (Fsp3) is 0.273. The van der Waals surface area contributed by atoms with Crippen LogP contribution in [0.1, 0.15) is 20.3 Å². The summed E-state index contributed by atoms with van der Waals surface area (Å²) in [5.41, 5.74) is 0.911. The van der Waals surface area contributed by atoms with Crippen molar-refractivity contribution in [3.63, 3.8) is 0 Å². The predicted molar refractivity (Wildman–Crippen MR) is 54.5 cm³/mol. The van der Waals surface area contributed by atoms with Gasteiger partial charge in [-0.05, 0) is 26.0 Å². The molecule has 0 saturated carbocycles. The Balaban J connectivity index is 2.86. The van der Waals surface area contributed by atoms with Crippen LogP contribution in [-0.4, -0.2) is 11.5 Å². The second-order valence-electron chi connectivity index (χ2n) is 3.18. The van der Waals surface area contributed by atoms with E-state index in [2.05, 4.69) is 4.99 Å². The number of benzene rings is 1. The van der Waals surface area contributed by atoms with Crippen molar-refractivity contribution < 1.29 is 9.18 Å². The maximum atomic E-state index is 13.1. The maximum Gasteiger partial charge on any atom is 0.148 e. The summed E-state index contributed by atoms with van der Waals surface area (Å²) in [7, 11) is 0. The van der Waals surface area contributed by atoms with Gasteiger partial charge in [-0.15, -0.1) is 0 Å². The van der Waals surface area contributed by atoms with E-state index in [9.17, 15) is 9.18 Å². The molecule has 0 radical (unpaired) electrons. The summed E-state index contributed by atoms with van der Waals surface area (Å²) in [5.74, 6) is -0.335. The molecule has 2 nitrogen and oxygen atoms in total. The van der Waals surface area contributed by atoms with E-state index in [0.717, 1.165) is 0 Å². The Hall–Kier alpha value is -1.51. The van der Waals surface area contributed by atoms with Crippen molar-refractivity contribution >= 4 is 17.2 Å². The van der Waals surface area contributed by atoms with Crippen molar-refractivity contribution in [1.29, 1.82) is 0 Å². The number of hydrogen-bond acceptors (Lipinski definition) is 2. The predicted octanol–water partition coefficient (Wildman–Crippen LogP) is 2.90. The zero-order valence-corrected chi connectivity index (χ0v) is 8.25. The molecule has 1 aromatic rings. The molecular formula is C11H12FNO. The van der Waals surface area contributed by atoms with Crippen molar-refractivity contribution in [2.75, 3.05) is 0 Å². The fourth-order valence-corrected chi connectivity index (χ4v) is 1.15. The second-order valence-corrected chi connectivity index (χ2v) is 3.18. The van der Waals surface area contributed by atoms with E-state index in [0.29, 0.717) is 5.71 Å². The highest BCUT2D eigenvalue weighted by atomic mass is 19.1. The summed E-state index contributed by atoms with van der Waals surface area (Å²) in [5, 5.41) is 0. The normalized spacial score (nSPS) is 11.5. The number of ketones is 1. The van der Waals surface area contributed by atoms with Crippen LogP contribution < -0.4 is 0 Å². The molecule has 0 bridgehead atoms. The average Bonchev–Trinajstić information content (AvgIpc) is 2.07. The van der Waals surface area contributed by atoms with Gasteiger partial charge in [0.05, 0.1) is 5.69 Å². The van der Waals surface area contributed by atoms with E-state index in [4.69, 9.17) is 0 Å². The largest absolute Gasteiger partial charge is 0.300 e. The number of para-hydroxylation sites is 1. The monoisotopic (exact) mass is 193 g/mol. The van der Waals surface area contributed by atoms with Gasteiger partial charge in [0.25, 0.3) is 0 Å². The van der Waals surface area contributed by atoms with Crippen LogP contribution in [0.25, 0.3) is 0 Å². The molecule has 1 aromatic carbocycles. The van der Waals surface area contributed by atoms with Crippen LogP contribution in [0.3, 0.4) is 0 Å². The number of halogens is 1. The second kappa shape index (κ2) is 4.65. The number of hydrogen-bond donors (Lipinski definition) is 0. The lowest BCUT2D eigenvalue weighted by molar-refractivity contribution is -0.115. The van der Waals surface area contributed by atoms with E-state index in [-0.39, 0.29) is 23.7 Å². The van der Waals surface area contributed by atoms with Gasteiger partial charge in [-0.2, -0.15) is 0 Å². The van der Waals surface area contributed by atoms with Gasteiger partial charge >= 0.3 is 0 Å². The first-order valence-corrected chi connectivity index (χ1v) is 4.37. The minimum absolute atomic E-state index is 0.0302. The molecule has 1 rings (SSSR count). The Bertz CT molecular complexity index is 371. The molecule has 0 unspecified atom stereocenters. The van der Waals surface area contributed by atoms with Gasteiger partial charge in [-0.3, -0.25) is 9.79 Å². The third-order valence-corrected chi connectivity index (χ3v) is 1.67. The first-order chi connectivity index (χ1) is 6.59.